The highest BCUT2D eigenvalue weighted by Crippen LogP contribution is 2.21. The lowest BCUT2D eigenvalue weighted by atomic mass is 10.1. The molecule has 1 aliphatic heterocycles. The molecule has 2 rings (SSSR count). The second-order valence-electron chi connectivity index (χ2n) is 5.19. The predicted molar refractivity (Wildman–Crippen MR) is 88.7 cm³/mol. The molecule has 1 aliphatic rings. The minimum Gasteiger partial charge on any atom is -0.396 e. The highest BCUT2D eigenvalue weighted by molar-refractivity contribution is 14.1. The monoisotopic (exact) mass is 388 g/mol. The van der Waals surface area contributed by atoms with E-state index in [-0.39, 0.29) is 12.5 Å². The van der Waals surface area contributed by atoms with Crippen LogP contribution < -0.4 is 5.32 Å². The Hall–Kier alpha value is -0.660. The van der Waals surface area contributed by atoms with Crippen molar-refractivity contribution in [1.29, 1.82) is 0 Å². The zero-order chi connectivity index (χ0) is 14.4. The molecule has 1 amide bonds. The van der Waals surface area contributed by atoms with Crippen molar-refractivity contribution < 1.29 is 9.90 Å². The van der Waals surface area contributed by atoms with Gasteiger partial charge in [0.1, 0.15) is 0 Å². The van der Waals surface area contributed by atoms with Crippen molar-refractivity contribution in [3.8, 4) is 0 Å². The first-order chi connectivity index (χ1) is 9.69. The van der Waals surface area contributed by atoms with Crippen molar-refractivity contribution >= 4 is 34.2 Å². The fraction of sp³-hybridized carbons (Fsp3) is 0.533. The summed E-state index contributed by atoms with van der Waals surface area (Å²) in [7, 11) is 0. The third kappa shape index (κ3) is 4.71. The molecular formula is C15H21IN2O2. The molecule has 20 heavy (non-hydrogen) atoms. The van der Waals surface area contributed by atoms with Gasteiger partial charge in [0.2, 0.25) is 5.91 Å². The van der Waals surface area contributed by atoms with Crippen molar-refractivity contribution in [3.63, 3.8) is 0 Å². The smallest absolute Gasteiger partial charge is 0.238 e. The van der Waals surface area contributed by atoms with Gasteiger partial charge in [-0.15, -0.1) is 0 Å². The second-order valence-corrected chi connectivity index (χ2v) is 6.43. The summed E-state index contributed by atoms with van der Waals surface area (Å²) in [5, 5.41) is 11.9. The van der Waals surface area contributed by atoms with E-state index in [0.717, 1.165) is 41.5 Å². The van der Waals surface area contributed by atoms with Gasteiger partial charge in [-0.2, -0.15) is 0 Å². The first-order valence-corrected chi connectivity index (χ1v) is 8.17. The zero-order valence-corrected chi connectivity index (χ0v) is 13.7. The molecule has 0 spiro atoms. The van der Waals surface area contributed by atoms with Crippen LogP contribution in [0, 0.1) is 3.57 Å². The highest BCUT2D eigenvalue weighted by Gasteiger charge is 2.25. The van der Waals surface area contributed by atoms with Gasteiger partial charge in [0.25, 0.3) is 0 Å². The van der Waals surface area contributed by atoms with E-state index in [9.17, 15) is 4.79 Å². The van der Waals surface area contributed by atoms with E-state index in [0.29, 0.717) is 12.6 Å². The number of benzene rings is 1. The molecule has 1 aromatic carbocycles. The van der Waals surface area contributed by atoms with E-state index < -0.39 is 0 Å². The number of nitrogens with one attached hydrogen (secondary N) is 1. The summed E-state index contributed by atoms with van der Waals surface area (Å²) in [6.07, 6.45) is 4.08. The molecule has 1 saturated heterocycles. The summed E-state index contributed by atoms with van der Waals surface area (Å²) in [6.45, 7) is 1.66. The third-order valence-electron chi connectivity index (χ3n) is 3.67. The Morgan fingerprint density at radius 3 is 2.85 bits per heavy atom. The molecular weight excluding hydrogens is 367 g/mol. The molecule has 1 heterocycles. The molecule has 0 radical (unpaired) electrons. The van der Waals surface area contributed by atoms with Gasteiger partial charge in [0, 0.05) is 21.9 Å². The van der Waals surface area contributed by atoms with E-state index in [1.807, 2.05) is 24.3 Å². The number of amides is 1. The van der Waals surface area contributed by atoms with Crippen LogP contribution in [-0.2, 0) is 4.79 Å². The molecule has 5 heteroatoms. The SMILES string of the molecule is O=C(CN1CCCC1CCCO)Nc1ccc(I)cc1. The summed E-state index contributed by atoms with van der Waals surface area (Å²) in [4.78, 5) is 14.3. The van der Waals surface area contributed by atoms with Crippen LogP contribution in [0.15, 0.2) is 24.3 Å². The number of hydrogen-bond acceptors (Lipinski definition) is 3. The summed E-state index contributed by atoms with van der Waals surface area (Å²) >= 11 is 2.24. The minimum atomic E-state index is 0.0436. The van der Waals surface area contributed by atoms with Gasteiger partial charge in [0.15, 0.2) is 0 Å². The highest BCUT2D eigenvalue weighted by atomic mass is 127. The van der Waals surface area contributed by atoms with Crippen molar-refractivity contribution in [1.82, 2.24) is 4.90 Å². The van der Waals surface area contributed by atoms with Gasteiger partial charge in [-0.25, -0.2) is 0 Å². The quantitative estimate of drug-likeness (QED) is 0.737. The normalized spacial score (nSPS) is 19.2. The number of nitrogens with zero attached hydrogens (tertiary/aromatic N) is 1. The predicted octanol–water partition coefficient (Wildman–Crippen LogP) is 2.47. The lowest BCUT2D eigenvalue weighted by molar-refractivity contribution is -0.117. The van der Waals surface area contributed by atoms with Gasteiger partial charge in [0.05, 0.1) is 6.54 Å². The van der Waals surface area contributed by atoms with Crippen LogP contribution in [0.5, 0.6) is 0 Å². The number of aliphatic hydroxyl groups is 1. The van der Waals surface area contributed by atoms with Crippen molar-refractivity contribution in [2.45, 2.75) is 31.7 Å². The maximum absolute atomic E-state index is 12.1. The average Bonchev–Trinajstić information content (AvgIpc) is 2.86. The molecule has 1 aromatic rings. The zero-order valence-electron chi connectivity index (χ0n) is 11.5. The van der Waals surface area contributed by atoms with Gasteiger partial charge < -0.3 is 10.4 Å². The summed E-state index contributed by atoms with van der Waals surface area (Å²) < 4.78 is 1.16. The van der Waals surface area contributed by atoms with Gasteiger partial charge in [-0.3, -0.25) is 9.69 Å². The largest absolute Gasteiger partial charge is 0.396 e. The van der Waals surface area contributed by atoms with Crippen molar-refractivity contribution in [2.24, 2.45) is 0 Å². The molecule has 0 saturated carbocycles. The second kappa shape index (κ2) is 7.95. The molecule has 0 bridgehead atoms. The molecule has 110 valence electrons. The number of anilines is 1. The van der Waals surface area contributed by atoms with E-state index in [1.165, 1.54) is 0 Å². The molecule has 0 aromatic heterocycles. The number of carbonyl (C=O) groups is 1. The summed E-state index contributed by atoms with van der Waals surface area (Å²) in [6, 6.07) is 8.26. The number of rotatable bonds is 6. The van der Waals surface area contributed by atoms with Gasteiger partial charge in [-0.1, -0.05) is 0 Å². The molecule has 1 atom stereocenters. The van der Waals surface area contributed by atoms with Crippen LogP contribution in [0.4, 0.5) is 5.69 Å². The fourth-order valence-electron chi connectivity index (χ4n) is 2.68. The fourth-order valence-corrected chi connectivity index (χ4v) is 3.03. The lowest BCUT2D eigenvalue weighted by Crippen LogP contribution is -2.36. The topological polar surface area (TPSA) is 52.6 Å². The Balaban J connectivity index is 1.82. The Kier molecular flexibility index (Phi) is 6.25. The van der Waals surface area contributed by atoms with Crippen LogP contribution in [0.3, 0.4) is 0 Å². The van der Waals surface area contributed by atoms with Crippen molar-refractivity contribution in [2.75, 3.05) is 25.0 Å². The Morgan fingerprint density at radius 2 is 2.15 bits per heavy atom. The Bertz CT molecular complexity index is 436. The first-order valence-electron chi connectivity index (χ1n) is 7.09. The third-order valence-corrected chi connectivity index (χ3v) is 4.39. The van der Waals surface area contributed by atoms with E-state index in [4.69, 9.17) is 5.11 Å². The first kappa shape index (κ1) is 15.7. The average molecular weight is 388 g/mol. The molecule has 1 unspecified atom stereocenters. The van der Waals surface area contributed by atoms with E-state index in [2.05, 4.69) is 32.8 Å². The number of aliphatic hydroxyl groups excluding tert-OH is 1. The van der Waals surface area contributed by atoms with Crippen LogP contribution in [-0.4, -0.2) is 41.7 Å². The molecule has 4 nitrogen and oxygen atoms in total. The van der Waals surface area contributed by atoms with E-state index >= 15 is 0 Å². The lowest BCUT2D eigenvalue weighted by Gasteiger charge is -2.23. The molecule has 2 N–H and O–H groups in total. The standard InChI is InChI=1S/C15H21IN2O2/c16-12-5-7-13(8-6-12)17-15(20)11-18-9-1-3-14(18)4-2-10-19/h5-8,14,19H,1-4,9-11H2,(H,17,20). The van der Waals surface area contributed by atoms with Gasteiger partial charge >= 0.3 is 0 Å². The summed E-state index contributed by atoms with van der Waals surface area (Å²) in [5.41, 5.74) is 0.849. The van der Waals surface area contributed by atoms with Crippen LogP contribution in [0.25, 0.3) is 0 Å². The van der Waals surface area contributed by atoms with Gasteiger partial charge in [-0.05, 0) is 79.1 Å². The van der Waals surface area contributed by atoms with Crippen LogP contribution in [0.1, 0.15) is 25.7 Å². The molecule has 0 aliphatic carbocycles. The van der Waals surface area contributed by atoms with E-state index in [1.54, 1.807) is 0 Å². The molecule has 1 fully saturated rings. The Labute approximate surface area is 133 Å². The summed E-state index contributed by atoms with van der Waals surface area (Å²) in [5.74, 6) is 0.0436. The van der Waals surface area contributed by atoms with Crippen LogP contribution in [0.2, 0.25) is 0 Å². The Morgan fingerprint density at radius 1 is 1.40 bits per heavy atom. The maximum Gasteiger partial charge on any atom is 0.238 e. The maximum atomic E-state index is 12.1. The number of halogens is 1. The number of carbonyl (C=O) groups excluding carboxylic acids is 1. The van der Waals surface area contributed by atoms with Crippen molar-refractivity contribution in [3.05, 3.63) is 27.8 Å². The minimum absolute atomic E-state index is 0.0436. The van der Waals surface area contributed by atoms with Crippen LogP contribution >= 0.6 is 22.6 Å². The number of hydrogen-bond donors (Lipinski definition) is 2. The number of likely N-dealkylation sites (tertiary alicyclic amines) is 1.